The molecule has 3 rings (SSSR count). The van der Waals surface area contributed by atoms with Crippen LogP contribution >= 0.6 is 0 Å². The van der Waals surface area contributed by atoms with Crippen molar-refractivity contribution < 1.29 is 14.6 Å². The average Bonchev–Trinajstić information content (AvgIpc) is 2.88. The molecule has 1 saturated heterocycles. The third kappa shape index (κ3) is 1.60. The summed E-state index contributed by atoms with van der Waals surface area (Å²) in [6, 6.07) is 6.38. The summed E-state index contributed by atoms with van der Waals surface area (Å²) >= 11 is 0. The maximum atomic E-state index is 12.6. The molecule has 1 heterocycles. The van der Waals surface area contributed by atoms with Gasteiger partial charge in [0, 0.05) is 23.6 Å². The van der Waals surface area contributed by atoms with Crippen molar-refractivity contribution in [2.24, 2.45) is 17.1 Å². The van der Waals surface area contributed by atoms with Crippen molar-refractivity contribution in [3.63, 3.8) is 0 Å². The zero-order chi connectivity index (χ0) is 14.5. The van der Waals surface area contributed by atoms with Gasteiger partial charge in [-0.25, -0.2) is 0 Å². The number of carbonyl (C=O) groups excluding carboxylic acids is 1. The molecular weight excluding hydrogens is 256 g/mol. The van der Waals surface area contributed by atoms with Crippen molar-refractivity contribution in [2.45, 2.75) is 31.9 Å². The fourth-order valence-electron chi connectivity index (χ4n) is 3.62. The van der Waals surface area contributed by atoms with E-state index < -0.39 is 5.54 Å². The predicted molar refractivity (Wildman–Crippen MR) is 75.3 cm³/mol. The van der Waals surface area contributed by atoms with Crippen LogP contribution in [0.25, 0.3) is 0 Å². The molecule has 20 heavy (non-hydrogen) atoms. The average molecular weight is 276 g/mol. The molecule has 1 aliphatic carbocycles. The number of anilines is 1. The lowest BCUT2D eigenvalue weighted by molar-refractivity contribution is -0.170. The molecule has 1 amide bonds. The molecule has 1 aromatic carbocycles. The van der Waals surface area contributed by atoms with E-state index in [1.165, 1.54) is 12.1 Å². The molecule has 2 aliphatic rings. The molecule has 1 saturated carbocycles. The summed E-state index contributed by atoms with van der Waals surface area (Å²) < 4.78 is 5.69. The molecule has 0 radical (unpaired) electrons. The molecule has 0 spiro atoms. The van der Waals surface area contributed by atoms with Gasteiger partial charge in [0.2, 0.25) is 5.91 Å². The number of aromatic hydroxyl groups is 1. The van der Waals surface area contributed by atoms with Gasteiger partial charge < -0.3 is 20.9 Å². The van der Waals surface area contributed by atoms with Crippen molar-refractivity contribution in [3.05, 3.63) is 24.3 Å². The summed E-state index contributed by atoms with van der Waals surface area (Å²) in [4.78, 5) is 12.6. The number of nitrogens with two attached hydrogens (primary N) is 1. The highest BCUT2D eigenvalue weighted by Crippen LogP contribution is 2.58. The molecule has 1 aliphatic heterocycles. The van der Waals surface area contributed by atoms with Crippen molar-refractivity contribution in [2.75, 3.05) is 11.9 Å². The van der Waals surface area contributed by atoms with Gasteiger partial charge in [-0.3, -0.25) is 4.79 Å². The van der Waals surface area contributed by atoms with E-state index in [1.807, 2.05) is 13.8 Å². The van der Waals surface area contributed by atoms with E-state index in [9.17, 15) is 9.90 Å². The first-order valence-electron chi connectivity index (χ1n) is 6.88. The van der Waals surface area contributed by atoms with E-state index in [0.29, 0.717) is 12.3 Å². The smallest absolute Gasteiger partial charge is 0.245 e. The molecule has 1 aromatic rings. The number of nitrogens with one attached hydrogen (secondary N) is 1. The minimum Gasteiger partial charge on any atom is -0.508 e. The van der Waals surface area contributed by atoms with Gasteiger partial charge in [-0.15, -0.1) is 0 Å². The normalized spacial score (nSPS) is 34.1. The lowest BCUT2D eigenvalue weighted by atomic mass is 9.48. The zero-order valence-corrected chi connectivity index (χ0v) is 11.7. The van der Waals surface area contributed by atoms with Crippen LogP contribution in [0.1, 0.15) is 20.3 Å². The Labute approximate surface area is 118 Å². The first kappa shape index (κ1) is 13.4. The fraction of sp³-hybridized carbons (Fsp3) is 0.533. The van der Waals surface area contributed by atoms with Crippen molar-refractivity contribution >= 4 is 11.6 Å². The predicted octanol–water partition coefficient (Wildman–Crippen LogP) is 1.47. The number of benzene rings is 1. The van der Waals surface area contributed by atoms with Gasteiger partial charge in [-0.1, -0.05) is 13.8 Å². The zero-order valence-electron chi connectivity index (χ0n) is 11.7. The van der Waals surface area contributed by atoms with Gasteiger partial charge in [0.05, 0.1) is 6.10 Å². The van der Waals surface area contributed by atoms with Gasteiger partial charge in [0.1, 0.15) is 11.3 Å². The summed E-state index contributed by atoms with van der Waals surface area (Å²) in [5.41, 5.74) is 5.79. The Morgan fingerprint density at radius 2 is 2.05 bits per heavy atom. The van der Waals surface area contributed by atoms with Gasteiger partial charge >= 0.3 is 0 Å². The molecule has 108 valence electrons. The third-order valence-electron chi connectivity index (χ3n) is 4.95. The van der Waals surface area contributed by atoms with Crippen molar-refractivity contribution in [1.82, 2.24) is 0 Å². The summed E-state index contributed by atoms with van der Waals surface area (Å²) in [6.07, 6.45) is 0.895. The SMILES string of the molecule is CC1(C)C2OCCC2C1(N)C(=O)Nc1ccc(O)cc1. The minimum absolute atomic E-state index is 0.0677. The quantitative estimate of drug-likeness (QED) is 0.714. The Balaban J connectivity index is 1.81. The first-order valence-corrected chi connectivity index (χ1v) is 6.88. The fourth-order valence-corrected chi connectivity index (χ4v) is 3.62. The van der Waals surface area contributed by atoms with E-state index in [1.54, 1.807) is 12.1 Å². The van der Waals surface area contributed by atoms with Crippen LogP contribution in [0, 0.1) is 11.3 Å². The topological polar surface area (TPSA) is 84.6 Å². The number of carbonyl (C=O) groups is 1. The van der Waals surface area contributed by atoms with Crippen LogP contribution in [0.2, 0.25) is 0 Å². The van der Waals surface area contributed by atoms with Crippen LogP contribution in [-0.4, -0.2) is 29.3 Å². The van der Waals surface area contributed by atoms with Crippen LogP contribution < -0.4 is 11.1 Å². The summed E-state index contributed by atoms with van der Waals surface area (Å²) in [7, 11) is 0. The van der Waals surface area contributed by atoms with E-state index >= 15 is 0 Å². The van der Waals surface area contributed by atoms with Gasteiger partial charge in [0.15, 0.2) is 0 Å². The highest BCUT2D eigenvalue weighted by atomic mass is 16.5. The Hall–Kier alpha value is -1.59. The summed E-state index contributed by atoms with van der Waals surface area (Å²) in [5, 5.41) is 12.1. The highest BCUT2D eigenvalue weighted by Gasteiger charge is 2.71. The molecule has 2 fully saturated rings. The molecule has 0 aromatic heterocycles. The lowest BCUT2D eigenvalue weighted by Crippen LogP contribution is -2.79. The highest BCUT2D eigenvalue weighted by molar-refractivity contribution is 6.00. The Morgan fingerprint density at radius 3 is 2.70 bits per heavy atom. The lowest BCUT2D eigenvalue weighted by Gasteiger charge is -2.60. The molecule has 5 heteroatoms. The van der Waals surface area contributed by atoms with E-state index in [-0.39, 0.29) is 29.1 Å². The molecule has 5 nitrogen and oxygen atoms in total. The van der Waals surface area contributed by atoms with Crippen LogP contribution in [0.4, 0.5) is 5.69 Å². The number of rotatable bonds is 2. The van der Waals surface area contributed by atoms with Crippen LogP contribution in [0.15, 0.2) is 24.3 Å². The van der Waals surface area contributed by atoms with Gasteiger partial charge in [0.25, 0.3) is 0 Å². The third-order valence-corrected chi connectivity index (χ3v) is 4.95. The van der Waals surface area contributed by atoms with Crippen LogP contribution in [0.3, 0.4) is 0 Å². The van der Waals surface area contributed by atoms with Crippen molar-refractivity contribution in [1.29, 1.82) is 0 Å². The number of fused-ring (bicyclic) bond motifs is 1. The number of hydrogen-bond acceptors (Lipinski definition) is 4. The Kier molecular flexibility index (Phi) is 2.81. The van der Waals surface area contributed by atoms with Crippen molar-refractivity contribution in [3.8, 4) is 5.75 Å². The van der Waals surface area contributed by atoms with Gasteiger partial charge in [-0.2, -0.15) is 0 Å². The number of ether oxygens (including phenoxy) is 1. The molecule has 3 unspecified atom stereocenters. The second-order valence-electron chi connectivity index (χ2n) is 6.28. The summed E-state index contributed by atoms with van der Waals surface area (Å²) in [6.45, 7) is 4.63. The second-order valence-corrected chi connectivity index (χ2v) is 6.28. The summed E-state index contributed by atoms with van der Waals surface area (Å²) in [5.74, 6) is 0.0632. The molecule has 3 atom stereocenters. The molecule has 0 bridgehead atoms. The largest absolute Gasteiger partial charge is 0.508 e. The minimum atomic E-state index is -0.911. The number of phenolic OH excluding ortho intramolecular Hbond substituents is 1. The molecular formula is C15H20N2O3. The Bertz CT molecular complexity index is 541. The first-order chi connectivity index (χ1) is 9.37. The van der Waals surface area contributed by atoms with E-state index in [4.69, 9.17) is 10.5 Å². The van der Waals surface area contributed by atoms with Crippen LogP contribution in [-0.2, 0) is 9.53 Å². The number of hydrogen-bond donors (Lipinski definition) is 3. The second kappa shape index (κ2) is 4.20. The maximum Gasteiger partial charge on any atom is 0.245 e. The number of phenols is 1. The number of amides is 1. The van der Waals surface area contributed by atoms with E-state index in [0.717, 1.165) is 6.42 Å². The standard InChI is InChI=1S/C15H20N2O3/c1-14(2)12-11(7-8-20-12)15(14,16)13(19)17-9-3-5-10(18)6-4-9/h3-6,11-12,18H,7-8,16H2,1-2H3,(H,17,19). The van der Waals surface area contributed by atoms with E-state index in [2.05, 4.69) is 5.32 Å². The molecule has 4 N–H and O–H groups in total. The Morgan fingerprint density at radius 1 is 1.40 bits per heavy atom. The monoisotopic (exact) mass is 276 g/mol. The van der Waals surface area contributed by atoms with Crippen LogP contribution in [0.5, 0.6) is 5.75 Å². The maximum absolute atomic E-state index is 12.6. The van der Waals surface area contributed by atoms with Gasteiger partial charge in [-0.05, 0) is 30.7 Å².